The summed E-state index contributed by atoms with van der Waals surface area (Å²) in [6.45, 7) is 12.0. The van der Waals surface area contributed by atoms with Crippen LogP contribution in [0.1, 0.15) is 52.1 Å². The van der Waals surface area contributed by atoms with Crippen molar-refractivity contribution < 1.29 is 0 Å². The highest BCUT2D eigenvalue weighted by molar-refractivity contribution is 5.01. The predicted molar refractivity (Wildman–Crippen MR) is 71.1 cm³/mol. The van der Waals surface area contributed by atoms with Crippen molar-refractivity contribution in [1.29, 1.82) is 0 Å². The lowest BCUT2D eigenvalue weighted by Gasteiger charge is -2.14. The standard InChI is InChI=1S/C13H26N4/c1-5-8-17-13(10-15-16-17)12(4)6-7-14-9-11(2)3/h10-12,14H,5-9H2,1-4H3. The second-order valence-electron chi connectivity index (χ2n) is 5.17. The molecule has 0 aromatic carbocycles. The second kappa shape index (κ2) is 7.43. The Kier molecular flexibility index (Phi) is 6.19. The molecule has 1 aromatic rings. The zero-order chi connectivity index (χ0) is 12.7. The van der Waals surface area contributed by atoms with Crippen LogP contribution in [0.15, 0.2) is 6.20 Å². The lowest BCUT2D eigenvalue weighted by Crippen LogP contribution is -2.22. The van der Waals surface area contributed by atoms with Gasteiger partial charge in [0.1, 0.15) is 0 Å². The monoisotopic (exact) mass is 238 g/mol. The van der Waals surface area contributed by atoms with E-state index in [1.54, 1.807) is 0 Å². The largest absolute Gasteiger partial charge is 0.316 e. The zero-order valence-corrected chi connectivity index (χ0v) is 11.6. The topological polar surface area (TPSA) is 42.7 Å². The van der Waals surface area contributed by atoms with E-state index >= 15 is 0 Å². The molecular weight excluding hydrogens is 212 g/mol. The van der Waals surface area contributed by atoms with E-state index in [1.807, 2.05) is 10.9 Å². The molecule has 1 rings (SSSR count). The molecule has 17 heavy (non-hydrogen) atoms. The van der Waals surface area contributed by atoms with Gasteiger partial charge in [0.15, 0.2) is 0 Å². The third-order valence-corrected chi connectivity index (χ3v) is 2.89. The van der Waals surface area contributed by atoms with Crippen molar-refractivity contribution in [2.75, 3.05) is 13.1 Å². The number of nitrogens with zero attached hydrogens (tertiary/aromatic N) is 3. The zero-order valence-electron chi connectivity index (χ0n) is 11.6. The van der Waals surface area contributed by atoms with Gasteiger partial charge in [0.05, 0.1) is 11.9 Å². The summed E-state index contributed by atoms with van der Waals surface area (Å²) in [5, 5.41) is 11.6. The van der Waals surface area contributed by atoms with Crippen LogP contribution < -0.4 is 5.32 Å². The summed E-state index contributed by atoms with van der Waals surface area (Å²) in [4.78, 5) is 0. The fourth-order valence-electron chi connectivity index (χ4n) is 1.89. The van der Waals surface area contributed by atoms with Crippen molar-refractivity contribution in [3.63, 3.8) is 0 Å². The van der Waals surface area contributed by atoms with Gasteiger partial charge in [-0.2, -0.15) is 0 Å². The van der Waals surface area contributed by atoms with Crippen molar-refractivity contribution in [2.45, 2.75) is 53.0 Å². The molecule has 0 aliphatic carbocycles. The summed E-state index contributed by atoms with van der Waals surface area (Å²) < 4.78 is 2.03. The molecule has 4 nitrogen and oxygen atoms in total. The van der Waals surface area contributed by atoms with Gasteiger partial charge in [0, 0.05) is 12.5 Å². The fraction of sp³-hybridized carbons (Fsp3) is 0.846. The maximum atomic E-state index is 4.13. The Morgan fingerprint density at radius 1 is 1.35 bits per heavy atom. The molecule has 0 fully saturated rings. The van der Waals surface area contributed by atoms with E-state index in [0.717, 1.165) is 38.4 Å². The SMILES string of the molecule is CCCn1nncc1C(C)CCNCC(C)C. The molecule has 0 aliphatic heterocycles. The molecule has 1 heterocycles. The van der Waals surface area contributed by atoms with Crippen molar-refractivity contribution >= 4 is 0 Å². The minimum Gasteiger partial charge on any atom is -0.316 e. The Balaban J connectivity index is 2.35. The van der Waals surface area contributed by atoms with Crippen molar-refractivity contribution in [3.05, 3.63) is 11.9 Å². The molecule has 0 bridgehead atoms. The normalized spacial score (nSPS) is 13.2. The summed E-state index contributed by atoms with van der Waals surface area (Å²) in [6.07, 6.45) is 4.15. The van der Waals surface area contributed by atoms with Gasteiger partial charge in [-0.1, -0.05) is 32.9 Å². The number of rotatable bonds is 8. The van der Waals surface area contributed by atoms with Gasteiger partial charge < -0.3 is 5.32 Å². The molecule has 1 N–H and O–H groups in total. The van der Waals surface area contributed by atoms with Gasteiger partial charge in [0.25, 0.3) is 0 Å². The maximum absolute atomic E-state index is 4.13. The fourth-order valence-corrected chi connectivity index (χ4v) is 1.89. The summed E-state index contributed by atoms with van der Waals surface area (Å²) in [6, 6.07) is 0. The van der Waals surface area contributed by atoms with Crippen LogP contribution in [-0.2, 0) is 6.54 Å². The van der Waals surface area contributed by atoms with Gasteiger partial charge >= 0.3 is 0 Å². The Bertz CT molecular complexity index is 306. The molecule has 0 saturated carbocycles. The highest BCUT2D eigenvalue weighted by Gasteiger charge is 2.11. The Hall–Kier alpha value is -0.900. The van der Waals surface area contributed by atoms with Gasteiger partial charge in [-0.15, -0.1) is 5.10 Å². The van der Waals surface area contributed by atoms with E-state index in [1.165, 1.54) is 5.69 Å². The first-order valence-electron chi connectivity index (χ1n) is 6.74. The average molecular weight is 238 g/mol. The van der Waals surface area contributed by atoms with Gasteiger partial charge in [-0.05, 0) is 31.8 Å². The van der Waals surface area contributed by atoms with Gasteiger partial charge in [0.2, 0.25) is 0 Å². The summed E-state index contributed by atoms with van der Waals surface area (Å²) in [7, 11) is 0. The molecule has 0 spiro atoms. The number of hydrogen-bond donors (Lipinski definition) is 1. The molecule has 1 atom stereocenters. The number of aryl methyl sites for hydroxylation is 1. The first-order chi connectivity index (χ1) is 8.15. The van der Waals surface area contributed by atoms with Gasteiger partial charge in [-0.25, -0.2) is 4.68 Å². The van der Waals surface area contributed by atoms with Crippen LogP contribution in [0, 0.1) is 5.92 Å². The minimum absolute atomic E-state index is 0.524. The number of hydrogen-bond acceptors (Lipinski definition) is 3. The summed E-state index contributed by atoms with van der Waals surface area (Å²) in [5.41, 5.74) is 1.26. The van der Waals surface area contributed by atoms with Crippen LogP contribution in [0.5, 0.6) is 0 Å². The Morgan fingerprint density at radius 3 is 2.76 bits per heavy atom. The predicted octanol–water partition coefficient (Wildman–Crippen LogP) is 2.43. The van der Waals surface area contributed by atoms with E-state index in [-0.39, 0.29) is 0 Å². The van der Waals surface area contributed by atoms with Crippen molar-refractivity contribution in [1.82, 2.24) is 20.3 Å². The lowest BCUT2D eigenvalue weighted by molar-refractivity contribution is 0.493. The van der Waals surface area contributed by atoms with Gasteiger partial charge in [-0.3, -0.25) is 0 Å². The van der Waals surface area contributed by atoms with Crippen LogP contribution in [0.4, 0.5) is 0 Å². The number of aromatic nitrogens is 3. The van der Waals surface area contributed by atoms with E-state index in [2.05, 4.69) is 43.3 Å². The molecule has 1 aromatic heterocycles. The van der Waals surface area contributed by atoms with Crippen LogP contribution in [0.3, 0.4) is 0 Å². The lowest BCUT2D eigenvalue weighted by atomic mass is 10.0. The highest BCUT2D eigenvalue weighted by Crippen LogP contribution is 2.17. The summed E-state index contributed by atoms with van der Waals surface area (Å²) in [5.74, 6) is 1.24. The molecule has 4 heteroatoms. The minimum atomic E-state index is 0.524. The highest BCUT2D eigenvalue weighted by atomic mass is 15.4. The summed E-state index contributed by atoms with van der Waals surface area (Å²) >= 11 is 0. The second-order valence-corrected chi connectivity index (χ2v) is 5.17. The molecule has 0 aliphatic rings. The molecule has 0 radical (unpaired) electrons. The molecule has 98 valence electrons. The first-order valence-corrected chi connectivity index (χ1v) is 6.74. The first kappa shape index (κ1) is 14.2. The van der Waals surface area contributed by atoms with Crippen LogP contribution in [-0.4, -0.2) is 28.1 Å². The van der Waals surface area contributed by atoms with E-state index < -0.39 is 0 Å². The quantitative estimate of drug-likeness (QED) is 0.707. The van der Waals surface area contributed by atoms with E-state index in [0.29, 0.717) is 5.92 Å². The van der Waals surface area contributed by atoms with E-state index in [4.69, 9.17) is 0 Å². The molecule has 0 saturated heterocycles. The van der Waals surface area contributed by atoms with Crippen molar-refractivity contribution in [3.8, 4) is 0 Å². The molecule has 1 unspecified atom stereocenters. The van der Waals surface area contributed by atoms with Crippen molar-refractivity contribution in [2.24, 2.45) is 5.92 Å². The smallest absolute Gasteiger partial charge is 0.0727 e. The van der Waals surface area contributed by atoms with E-state index in [9.17, 15) is 0 Å². The van der Waals surface area contributed by atoms with Crippen LogP contribution in [0.25, 0.3) is 0 Å². The molecular formula is C13H26N4. The molecule has 0 amide bonds. The number of nitrogens with one attached hydrogen (secondary N) is 1. The Labute approximate surface area is 105 Å². The third-order valence-electron chi connectivity index (χ3n) is 2.89. The van der Waals surface area contributed by atoms with Crippen LogP contribution in [0.2, 0.25) is 0 Å². The average Bonchev–Trinajstić information content (AvgIpc) is 2.72. The van der Waals surface area contributed by atoms with Crippen LogP contribution >= 0.6 is 0 Å². The Morgan fingerprint density at radius 2 is 2.12 bits per heavy atom. The third kappa shape index (κ3) is 4.86. The maximum Gasteiger partial charge on any atom is 0.0727 e.